The van der Waals surface area contributed by atoms with Crippen molar-refractivity contribution in [3.8, 4) is 11.5 Å². The van der Waals surface area contributed by atoms with Crippen LogP contribution in [0.5, 0.6) is 11.5 Å². The van der Waals surface area contributed by atoms with Gasteiger partial charge in [-0.1, -0.05) is 48.9 Å². The summed E-state index contributed by atoms with van der Waals surface area (Å²) in [5, 5.41) is 7.76. The highest BCUT2D eigenvalue weighted by atomic mass is 35.5. The second-order valence-electron chi connectivity index (χ2n) is 9.61. The van der Waals surface area contributed by atoms with Gasteiger partial charge in [0.1, 0.15) is 11.5 Å². The molecule has 0 bridgehead atoms. The zero-order chi connectivity index (χ0) is 32.3. The normalized spacial score (nSPS) is 11.7. The molecule has 0 aliphatic rings. The number of carbonyl (C=O) groups is 3. The lowest BCUT2D eigenvalue weighted by Crippen LogP contribution is -2.30. The van der Waals surface area contributed by atoms with Crippen molar-refractivity contribution >= 4 is 58.5 Å². The highest BCUT2D eigenvalue weighted by Crippen LogP contribution is 2.30. The van der Waals surface area contributed by atoms with E-state index in [0.29, 0.717) is 40.4 Å². The quantitative estimate of drug-likeness (QED) is 0.109. The molecule has 4 aromatic carbocycles. The number of hydrogen-bond acceptors (Lipinski definition) is 6. The van der Waals surface area contributed by atoms with Gasteiger partial charge < -0.3 is 25.4 Å². The maximum Gasteiger partial charge on any atom is 0.272 e. The Morgan fingerprint density at radius 3 is 2.29 bits per heavy atom. The number of hydrogen-bond donors (Lipinski definition) is 3. The third kappa shape index (κ3) is 9.10. The molecule has 3 N–H and O–H groups in total. The van der Waals surface area contributed by atoms with E-state index in [1.165, 1.54) is 50.3 Å². The van der Waals surface area contributed by atoms with Gasteiger partial charge >= 0.3 is 0 Å². The molecule has 1 atom stereocenters. The van der Waals surface area contributed by atoms with Crippen molar-refractivity contribution < 1.29 is 28.2 Å². The summed E-state index contributed by atoms with van der Waals surface area (Å²) in [4.78, 5) is 40.3. The van der Waals surface area contributed by atoms with Gasteiger partial charge in [0.25, 0.3) is 11.8 Å². The zero-order valence-electron chi connectivity index (χ0n) is 24.7. The van der Waals surface area contributed by atoms with Gasteiger partial charge in [-0.2, -0.15) is 0 Å². The fraction of sp³-hybridized carbons (Fsp3) is 0.147. The van der Waals surface area contributed by atoms with E-state index in [0.717, 1.165) is 4.90 Å². The Balaban J connectivity index is 1.53. The first kappa shape index (κ1) is 33.1. The van der Waals surface area contributed by atoms with Crippen molar-refractivity contribution in [3.05, 3.63) is 119 Å². The number of methoxy groups -OCH3 is 2. The first-order valence-corrected chi connectivity index (χ1v) is 15.1. The second-order valence-corrected chi connectivity index (χ2v) is 11.3. The number of amides is 3. The maximum atomic E-state index is 13.6. The number of anilines is 2. The molecule has 0 aromatic heterocycles. The first-order chi connectivity index (χ1) is 21.7. The van der Waals surface area contributed by atoms with Gasteiger partial charge in [0.2, 0.25) is 5.91 Å². The third-order valence-electron chi connectivity index (χ3n) is 6.47. The van der Waals surface area contributed by atoms with Crippen LogP contribution in [-0.2, 0) is 9.59 Å². The van der Waals surface area contributed by atoms with Crippen molar-refractivity contribution in [2.45, 2.75) is 23.5 Å². The van der Waals surface area contributed by atoms with Crippen LogP contribution in [-0.4, -0.2) is 37.2 Å². The van der Waals surface area contributed by atoms with Crippen LogP contribution in [0.1, 0.15) is 29.3 Å². The van der Waals surface area contributed by atoms with E-state index in [2.05, 4.69) is 16.0 Å². The molecule has 0 saturated carbocycles. The lowest BCUT2D eigenvalue weighted by atomic mass is 10.1. The fourth-order valence-electron chi connectivity index (χ4n) is 4.18. The summed E-state index contributed by atoms with van der Waals surface area (Å²) in [6.45, 7) is 1.88. The molecule has 1 unspecified atom stereocenters. The molecule has 0 aliphatic carbocycles. The fourth-order valence-corrected chi connectivity index (χ4v) is 5.37. The maximum absolute atomic E-state index is 13.6. The number of thioether (sulfide) groups is 1. The van der Waals surface area contributed by atoms with Gasteiger partial charge in [-0.05, 0) is 78.7 Å². The summed E-state index contributed by atoms with van der Waals surface area (Å²) < 4.78 is 24.2. The Hall–Kier alpha value is -4.80. The molecule has 232 valence electrons. The molecule has 0 fully saturated rings. The van der Waals surface area contributed by atoms with Crippen LogP contribution in [0.15, 0.2) is 102 Å². The third-order valence-corrected chi connectivity index (χ3v) is 8.12. The Morgan fingerprint density at radius 1 is 0.867 bits per heavy atom. The van der Waals surface area contributed by atoms with E-state index < -0.39 is 22.9 Å². The predicted octanol–water partition coefficient (Wildman–Crippen LogP) is 7.42. The monoisotopic (exact) mass is 647 g/mol. The minimum atomic E-state index is -0.573. The molecule has 0 saturated heterocycles. The summed E-state index contributed by atoms with van der Waals surface area (Å²) >= 11 is 7.16. The van der Waals surface area contributed by atoms with Crippen LogP contribution >= 0.6 is 23.4 Å². The van der Waals surface area contributed by atoms with Crippen molar-refractivity contribution in [2.75, 3.05) is 24.9 Å². The van der Waals surface area contributed by atoms with Crippen molar-refractivity contribution in [1.82, 2.24) is 5.32 Å². The summed E-state index contributed by atoms with van der Waals surface area (Å²) in [7, 11) is 3.03. The molecule has 4 rings (SSSR count). The molecule has 0 heterocycles. The van der Waals surface area contributed by atoms with Crippen molar-refractivity contribution in [2.24, 2.45) is 0 Å². The summed E-state index contributed by atoms with van der Waals surface area (Å²) in [6, 6.07) is 24.7. The molecule has 45 heavy (non-hydrogen) atoms. The Morgan fingerprint density at radius 2 is 1.60 bits per heavy atom. The highest BCUT2D eigenvalue weighted by molar-refractivity contribution is 8.00. The number of benzene rings is 4. The smallest absolute Gasteiger partial charge is 0.272 e. The first-order valence-electron chi connectivity index (χ1n) is 13.8. The van der Waals surface area contributed by atoms with Gasteiger partial charge in [0.05, 0.1) is 24.5 Å². The average molecular weight is 648 g/mol. The molecule has 3 amide bonds. The van der Waals surface area contributed by atoms with Gasteiger partial charge in [-0.15, -0.1) is 11.8 Å². The number of rotatable bonds is 12. The standard InChI is InChI=1S/C34H31ClFN3O5S/c1-4-31(34(42)38-24-14-15-27(36)26(35)20-24)45-25-12-8-11-23(19-25)37-33(41)28(39-32(40)22-9-6-5-7-10-22)17-21-13-16-29(43-2)30(18-21)44-3/h5-20,31H,4H2,1-3H3,(H,37,41)(H,38,42)(H,39,40)/b28-17+. The number of halogens is 2. The summed E-state index contributed by atoms with van der Waals surface area (Å²) in [5.74, 6) is -0.888. The SMILES string of the molecule is CCC(Sc1cccc(NC(=O)/C(=C\c2ccc(OC)c(OC)c2)NC(=O)c2ccccc2)c1)C(=O)Nc1ccc(F)c(Cl)c1. The molecule has 4 aromatic rings. The van der Waals surface area contributed by atoms with E-state index >= 15 is 0 Å². The predicted molar refractivity (Wildman–Crippen MR) is 176 cm³/mol. The van der Waals surface area contributed by atoms with Gasteiger partial charge in [-0.25, -0.2) is 4.39 Å². The van der Waals surface area contributed by atoms with Crippen molar-refractivity contribution in [3.63, 3.8) is 0 Å². The molecule has 0 aliphatic heterocycles. The Kier molecular flexibility index (Phi) is 11.6. The van der Waals surface area contributed by atoms with Crippen LogP contribution in [0.2, 0.25) is 5.02 Å². The zero-order valence-corrected chi connectivity index (χ0v) is 26.3. The molecular formula is C34H31ClFN3O5S. The molecule has 0 spiro atoms. The lowest BCUT2D eigenvalue weighted by molar-refractivity contribution is -0.116. The highest BCUT2D eigenvalue weighted by Gasteiger charge is 2.20. The molecule has 11 heteroatoms. The van der Waals surface area contributed by atoms with Crippen LogP contribution in [0, 0.1) is 5.82 Å². The Labute approximate surface area is 270 Å². The van der Waals surface area contributed by atoms with E-state index in [9.17, 15) is 18.8 Å². The molecular weight excluding hydrogens is 617 g/mol. The molecule has 8 nitrogen and oxygen atoms in total. The van der Waals surface area contributed by atoms with Gasteiger partial charge in [-0.3, -0.25) is 14.4 Å². The van der Waals surface area contributed by atoms with Crippen LogP contribution in [0.3, 0.4) is 0 Å². The average Bonchev–Trinajstić information content (AvgIpc) is 3.05. The minimum absolute atomic E-state index is 0.00194. The van der Waals surface area contributed by atoms with E-state index in [-0.39, 0.29) is 16.6 Å². The molecule has 0 radical (unpaired) electrons. The number of ether oxygens (including phenoxy) is 2. The van der Waals surface area contributed by atoms with E-state index in [1.807, 2.05) is 13.0 Å². The van der Waals surface area contributed by atoms with E-state index in [4.69, 9.17) is 21.1 Å². The van der Waals surface area contributed by atoms with Crippen LogP contribution in [0.25, 0.3) is 6.08 Å². The van der Waals surface area contributed by atoms with E-state index in [1.54, 1.807) is 66.7 Å². The largest absolute Gasteiger partial charge is 0.493 e. The van der Waals surface area contributed by atoms with Crippen LogP contribution in [0.4, 0.5) is 15.8 Å². The number of nitrogens with one attached hydrogen (secondary N) is 3. The topological polar surface area (TPSA) is 106 Å². The number of carbonyl (C=O) groups excluding carboxylic acids is 3. The Bertz CT molecular complexity index is 1720. The minimum Gasteiger partial charge on any atom is -0.493 e. The lowest BCUT2D eigenvalue weighted by Gasteiger charge is -2.16. The van der Waals surface area contributed by atoms with Gasteiger partial charge in [0.15, 0.2) is 11.5 Å². The summed E-state index contributed by atoms with van der Waals surface area (Å²) in [6.07, 6.45) is 2.04. The summed E-state index contributed by atoms with van der Waals surface area (Å²) in [5.41, 5.74) is 1.82. The van der Waals surface area contributed by atoms with Crippen LogP contribution < -0.4 is 25.4 Å². The van der Waals surface area contributed by atoms with Crippen molar-refractivity contribution in [1.29, 1.82) is 0 Å². The van der Waals surface area contributed by atoms with Gasteiger partial charge in [0, 0.05) is 21.8 Å². The second kappa shape index (κ2) is 15.8.